The van der Waals surface area contributed by atoms with Crippen LogP contribution in [0.4, 0.5) is 0 Å². The molecule has 3 heteroatoms. The largest absolute Gasteiger partial charge is 0.330 e. The molecular weight excluding hydrogens is 186 g/mol. The molecule has 0 saturated carbocycles. The number of nitrogens with two attached hydrogens (primary N) is 1. The third-order valence-electron chi connectivity index (χ3n) is 2.38. The van der Waals surface area contributed by atoms with Crippen molar-refractivity contribution in [1.29, 1.82) is 0 Å². The van der Waals surface area contributed by atoms with E-state index in [2.05, 4.69) is 29.2 Å². The Labute approximate surface area is 89.6 Å². The van der Waals surface area contributed by atoms with Crippen LogP contribution in [0.3, 0.4) is 0 Å². The van der Waals surface area contributed by atoms with Gasteiger partial charge in [-0.05, 0) is 37.1 Å². The van der Waals surface area contributed by atoms with Crippen LogP contribution in [0, 0.1) is 0 Å². The van der Waals surface area contributed by atoms with Gasteiger partial charge in [0.05, 0.1) is 6.33 Å². The van der Waals surface area contributed by atoms with Gasteiger partial charge in [0, 0.05) is 18.1 Å². The molecule has 0 amide bonds. The van der Waals surface area contributed by atoms with Crippen molar-refractivity contribution in [3.8, 4) is 5.69 Å². The molecule has 0 aliphatic heterocycles. The number of aromatic nitrogens is 2. The van der Waals surface area contributed by atoms with Crippen LogP contribution in [-0.4, -0.2) is 16.1 Å². The van der Waals surface area contributed by atoms with Crippen molar-refractivity contribution in [2.45, 2.75) is 12.8 Å². The van der Waals surface area contributed by atoms with Gasteiger partial charge in [-0.15, -0.1) is 0 Å². The molecule has 0 aliphatic carbocycles. The summed E-state index contributed by atoms with van der Waals surface area (Å²) in [6.07, 6.45) is 7.61. The van der Waals surface area contributed by atoms with Gasteiger partial charge in [0.25, 0.3) is 0 Å². The van der Waals surface area contributed by atoms with Crippen LogP contribution in [0.2, 0.25) is 0 Å². The second kappa shape index (κ2) is 4.75. The Balaban J connectivity index is 2.19. The van der Waals surface area contributed by atoms with Crippen molar-refractivity contribution in [2.75, 3.05) is 6.54 Å². The van der Waals surface area contributed by atoms with Crippen LogP contribution in [0.15, 0.2) is 43.0 Å². The third kappa shape index (κ3) is 2.44. The quantitative estimate of drug-likeness (QED) is 0.819. The number of rotatable bonds is 4. The molecule has 1 aromatic heterocycles. The predicted octanol–water partition coefficient (Wildman–Crippen LogP) is 1.76. The van der Waals surface area contributed by atoms with Crippen molar-refractivity contribution in [2.24, 2.45) is 5.73 Å². The van der Waals surface area contributed by atoms with Gasteiger partial charge < -0.3 is 10.3 Å². The standard InChI is InChI=1S/C12H15N3/c13-6-2-4-11-3-1-5-12(9-11)15-8-7-14-10-15/h1,3,5,7-10H,2,4,6,13H2. The van der Waals surface area contributed by atoms with E-state index in [9.17, 15) is 0 Å². The molecule has 0 bridgehead atoms. The van der Waals surface area contributed by atoms with E-state index in [-0.39, 0.29) is 0 Å². The van der Waals surface area contributed by atoms with Gasteiger partial charge in [-0.25, -0.2) is 4.98 Å². The summed E-state index contributed by atoms with van der Waals surface area (Å²) < 4.78 is 2.01. The molecule has 0 radical (unpaired) electrons. The molecule has 0 saturated heterocycles. The molecule has 1 aromatic carbocycles. The fourth-order valence-corrected chi connectivity index (χ4v) is 1.59. The first-order valence-corrected chi connectivity index (χ1v) is 5.17. The smallest absolute Gasteiger partial charge is 0.0991 e. The highest BCUT2D eigenvalue weighted by molar-refractivity contribution is 5.35. The van der Waals surface area contributed by atoms with Crippen molar-refractivity contribution in [3.05, 3.63) is 48.5 Å². The third-order valence-corrected chi connectivity index (χ3v) is 2.38. The topological polar surface area (TPSA) is 43.8 Å². The molecule has 2 aromatic rings. The van der Waals surface area contributed by atoms with Crippen LogP contribution >= 0.6 is 0 Å². The van der Waals surface area contributed by atoms with E-state index in [0.29, 0.717) is 0 Å². The van der Waals surface area contributed by atoms with E-state index in [0.717, 1.165) is 25.1 Å². The molecule has 0 fully saturated rings. The number of nitrogens with zero attached hydrogens (tertiary/aromatic N) is 2. The number of imidazole rings is 1. The highest BCUT2D eigenvalue weighted by Gasteiger charge is 1.97. The Bertz CT molecular complexity index is 407. The van der Waals surface area contributed by atoms with E-state index in [1.807, 2.05) is 17.1 Å². The van der Waals surface area contributed by atoms with E-state index in [1.165, 1.54) is 5.56 Å². The summed E-state index contributed by atoms with van der Waals surface area (Å²) in [6.45, 7) is 0.745. The monoisotopic (exact) mass is 201 g/mol. The second-order valence-electron chi connectivity index (χ2n) is 3.53. The zero-order chi connectivity index (χ0) is 10.5. The lowest BCUT2D eigenvalue weighted by atomic mass is 10.1. The summed E-state index contributed by atoms with van der Waals surface area (Å²) in [6, 6.07) is 8.46. The van der Waals surface area contributed by atoms with Gasteiger partial charge in [0.15, 0.2) is 0 Å². The lowest BCUT2D eigenvalue weighted by Crippen LogP contribution is -2.00. The lowest BCUT2D eigenvalue weighted by molar-refractivity contribution is 0.831. The maximum absolute atomic E-state index is 5.49. The molecule has 0 aliphatic rings. The Morgan fingerprint density at radius 3 is 3.00 bits per heavy atom. The van der Waals surface area contributed by atoms with Gasteiger partial charge in [0.2, 0.25) is 0 Å². The number of hydrogen-bond acceptors (Lipinski definition) is 2. The molecule has 0 unspecified atom stereocenters. The van der Waals surface area contributed by atoms with Crippen LogP contribution < -0.4 is 5.73 Å². The molecule has 2 rings (SSSR count). The summed E-state index contributed by atoms with van der Waals surface area (Å²) in [5.74, 6) is 0. The van der Waals surface area contributed by atoms with E-state index >= 15 is 0 Å². The molecule has 15 heavy (non-hydrogen) atoms. The van der Waals surface area contributed by atoms with Crippen molar-refractivity contribution in [3.63, 3.8) is 0 Å². The average molecular weight is 201 g/mol. The zero-order valence-corrected chi connectivity index (χ0v) is 8.63. The highest BCUT2D eigenvalue weighted by atomic mass is 15.0. The lowest BCUT2D eigenvalue weighted by Gasteiger charge is -2.05. The molecular formula is C12H15N3. The summed E-state index contributed by atoms with van der Waals surface area (Å²) in [4.78, 5) is 4.03. The van der Waals surface area contributed by atoms with Gasteiger partial charge >= 0.3 is 0 Å². The van der Waals surface area contributed by atoms with Crippen molar-refractivity contribution < 1.29 is 0 Å². The molecule has 2 N–H and O–H groups in total. The first-order chi connectivity index (χ1) is 7.40. The summed E-state index contributed by atoms with van der Waals surface area (Å²) in [5, 5.41) is 0. The van der Waals surface area contributed by atoms with E-state index < -0.39 is 0 Å². The molecule has 1 heterocycles. The first-order valence-electron chi connectivity index (χ1n) is 5.17. The maximum atomic E-state index is 5.49. The summed E-state index contributed by atoms with van der Waals surface area (Å²) in [7, 11) is 0. The summed E-state index contributed by atoms with van der Waals surface area (Å²) in [5.41, 5.74) is 7.97. The van der Waals surface area contributed by atoms with Gasteiger partial charge in [0.1, 0.15) is 0 Å². The van der Waals surface area contributed by atoms with E-state index in [4.69, 9.17) is 5.73 Å². The number of aryl methyl sites for hydroxylation is 1. The van der Waals surface area contributed by atoms with Gasteiger partial charge in [-0.2, -0.15) is 0 Å². The number of benzene rings is 1. The molecule has 3 nitrogen and oxygen atoms in total. The van der Waals surface area contributed by atoms with Gasteiger partial charge in [-0.3, -0.25) is 0 Å². The zero-order valence-electron chi connectivity index (χ0n) is 8.63. The van der Waals surface area contributed by atoms with Crippen LogP contribution in [0.1, 0.15) is 12.0 Å². The molecule has 0 atom stereocenters. The Kier molecular flexibility index (Phi) is 3.15. The SMILES string of the molecule is NCCCc1cccc(-n2ccnc2)c1. The van der Waals surface area contributed by atoms with E-state index in [1.54, 1.807) is 6.20 Å². The Hall–Kier alpha value is -1.61. The van der Waals surface area contributed by atoms with Crippen molar-refractivity contribution >= 4 is 0 Å². The minimum absolute atomic E-state index is 0.745. The normalized spacial score (nSPS) is 10.5. The number of hydrogen-bond donors (Lipinski definition) is 1. The summed E-state index contributed by atoms with van der Waals surface area (Å²) >= 11 is 0. The minimum Gasteiger partial charge on any atom is -0.330 e. The van der Waals surface area contributed by atoms with Crippen molar-refractivity contribution in [1.82, 2.24) is 9.55 Å². The highest BCUT2D eigenvalue weighted by Crippen LogP contribution is 2.11. The fraction of sp³-hybridized carbons (Fsp3) is 0.250. The van der Waals surface area contributed by atoms with Crippen LogP contribution in [-0.2, 0) is 6.42 Å². The Morgan fingerprint density at radius 1 is 1.33 bits per heavy atom. The average Bonchev–Trinajstić information content (AvgIpc) is 2.80. The Morgan fingerprint density at radius 2 is 2.27 bits per heavy atom. The minimum atomic E-state index is 0.745. The second-order valence-corrected chi connectivity index (χ2v) is 3.53. The molecule has 0 spiro atoms. The first kappa shape index (κ1) is 9.93. The predicted molar refractivity (Wildman–Crippen MR) is 60.9 cm³/mol. The fourth-order valence-electron chi connectivity index (χ4n) is 1.59. The van der Waals surface area contributed by atoms with Crippen LogP contribution in [0.5, 0.6) is 0 Å². The van der Waals surface area contributed by atoms with Gasteiger partial charge in [-0.1, -0.05) is 12.1 Å². The van der Waals surface area contributed by atoms with Crippen LogP contribution in [0.25, 0.3) is 5.69 Å². The maximum Gasteiger partial charge on any atom is 0.0991 e. The molecule has 78 valence electrons.